The molecule has 0 saturated heterocycles. The van der Waals surface area contributed by atoms with Crippen molar-refractivity contribution in [3.63, 3.8) is 0 Å². The predicted octanol–water partition coefficient (Wildman–Crippen LogP) is 2.57. The standard InChI is InChI=1S/C17H19NO3/c1-11(19)16-15(12-7-9-18(2)10-8-12)13-5-3-4-6-14(13)17(20)21-16/h3-7,11,19H,8-10H2,1-2H3. The molecular formula is C17H19NO3. The van der Waals surface area contributed by atoms with Gasteiger partial charge in [0.15, 0.2) is 0 Å². The second-order valence-electron chi connectivity index (χ2n) is 5.59. The van der Waals surface area contributed by atoms with E-state index in [9.17, 15) is 9.90 Å². The van der Waals surface area contributed by atoms with Gasteiger partial charge in [0.05, 0.1) is 5.39 Å². The lowest BCUT2D eigenvalue weighted by Crippen LogP contribution is -2.24. The van der Waals surface area contributed by atoms with Gasteiger partial charge in [0.1, 0.15) is 11.9 Å². The Balaban J connectivity index is 2.31. The highest BCUT2D eigenvalue weighted by atomic mass is 16.4. The minimum atomic E-state index is -0.808. The normalized spacial score (nSPS) is 17.8. The first-order valence-electron chi connectivity index (χ1n) is 7.19. The Kier molecular flexibility index (Phi) is 3.66. The predicted molar refractivity (Wildman–Crippen MR) is 83.2 cm³/mol. The minimum absolute atomic E-state index is 0.370. The molecule has 1 N–H and O–H groups in total. The summed E-state index contributed by atoms with van der Waals surface area (Å²) in [6.45, 7) is 3.45. The van der Waals surface area contributed by atoms with Crippen molar-refractivity contribution in [1.29, 1.82) is 0 Å². The first-order chi connectivity index (χ1) is 10.1. The molecule has 1 atom stereocenters. The van der Waals surface area contributed by atoms with Crippen LogP contribution in [0.2, 0.25) is 0 Å². The summed E-state index contributed by atoms with van der Waals surface area (Å²) in [4.78, 5) is 14.3. The number of hydrogen-bond acceptors (Lipinski definition) is 4. The summed E-state index contributed by atoms with van der Waals surface area (Å²) in [6, 6.07) is 7.43. The van der Waals surface area contributed by atoms with E-state index in [1.54, 1.807) is 13.0 Å². The Bertz CT molecular complexity index is 758. The highest BCUT2D eigenvalue weighted by Crippen LogP contribution is 2.33. The Morgan fingerprint density at radius 3 is 2.62 bits per heavy atom. The number of nitrogens with zero attached hydrogens (tertiary/aromatic N) is 1. The molecule has 110 valence electrons. The third-order valence-corrected chi connectivity index (χ3v) is 3.98. The zero-order valence-corrected chi connectivity index (χ0v) is 12.3. The van der Waals surface area contributed by atoms with Crippen LogP contribution in [-0.4, -0.2) is 30.1 Å². The Morgan fingerprint density at radius 1 is 1.29 bits per heavy atom. The van der Waals surface area contributed by atoms with Crippen molar-refractivity contribution in [2.24, 2.45) is 0 Å². The fourth-order valence-electron chi connectivity index (χ4n) is 2.84. The molecule has 1 unspecified atom stereocenters. The van der Waals surface area contributed by atoms with E-state index in [1.165, 1.54) is 0 Å². The summed E-state index contributed by atoms with van der Waals surface area (Å²) in [6.07, 6.45) is 2.23. The van der Waals surface area contributed by atoms with E-state index in [4.69, 9.17) is 4.42 Å². The van der Waals surface area contributed by atoms with Gasteiger partial charge < -0.3 is 14.4 Å². The van der Waals surface area contributed by atoms with Crippen molar-refractivity contribution in [2.45, 2.75) is 19.4 Å². The van der Waals surface area contributed by atoms with Crippen LogP contribution in [0.5, 0.6) is 0 Å². The molecule has 0 amide bonds. The number of rotatable bonds is 2. The van der Waals surface area contributed by atoms with Gasteiger partial charge in [-0.15, -0.1) is 0 Å². The number of hydrogen-bond donors (Lipinski definition) is 1. The van der Waals surface area contributed by atoms with Crippen molar-refractivity contribution in [3.8, 4) is 0 Å². The van der Waals surface area contributed by atoms with Crippen molar-refractivity contribution >= 4 is 16.3 Å². The monoisotopic (exact) mass is 285 g/mol. The molecule has 2 aromatic rings. The van der Waals surface area contributed by atoms with Crippen LogP contribution < -0.4 is 5.63 Å². The molecule has 21 heavy (non-hydrogen) atoms. The van der Waals surface area contributed by atoms with E-state index in [-0.39, 0.29) is 0 Å². The molecule has 0 fully saturated rings. The summed E-state index contributed by atoms with van der Waals surface area (Å²) >= 11 is 0. The van der Waals surface area contributed by atoms with Crippen LogP contribution in [0.4, 0.5) is 0 Å². The van der Waals surface area contributed by atoms with E-state index >= 15 is 0 Å². The first-order valence-corrected chi connectivity index (χ1v) is 7.19. The molecule has 0 radical (unpaired) electrons. The number of aliphatic hydroxyl groups is 1. The van der Waals surface area contributed by atoms with Crippen LogP contribution in [-0.2, 0) is 0 Å². The Hall–Kier alpha value is -1.91. The average molecular weight is 285 g/mol. The van der Waals surface area contributed by atoms with Crippen LogP contribution in [0.1, 0.15) is 30.8 Å². The largest absolute Gasteiger partial charge is 0.424 e. The molecule has 2 heterocycles. The van der Waals surface area contributed by atoms with E-state index in [0.717, 1.165) is 36.0 Å². The lowest BCUT2D eigenvalue weighted by atomic mass is 9.93. The Morgan fingerprint density at radius 2 is 2.00 bits per heavy atom. The van der Waals surface area contributed by atoms with Gasteiger partial charge in [-0.05, 0) is 37.4 Å². The van der Waals surface area contributed by atoms with Gasteiger partial charge in [0.2, 0.25) is 0 Å². The molecule has 0 aliphatic carbocycles. The number of likely N-dealkylation sites (N-methyl/N-ethyl adjacent to an activating group) is 1. The zero-order chi connectivity index (χ0) is 15.0. The van der Waals surface area contributed by atoms with Crippen molar-refractivity contribution in [1.82, 2.24) is 4.90 Å². The van der Waals surface area contributed by atoms with Crippen LogP contribution in [0.15, 0.2) is 39.6 Å². The quantitative estimate of drug-likeness (QED) is 0.921. The molecule has 3 rings (SSSR count). The van der Waals surface area contributed by atoms with E-state index in [2.05, 4.69) is 18.0 Å². The Labute approximate surface area is 123 Å². The van der Waals surface area contributed by atoms with Crippen molar-refractivity contribution in [2.75, 3.05) is 20.1 Å². The molecule has 1 aromatic heterocycles. The van der Waals surface area contributed by atoms with Gasteiger partial charge in [-0.1, -0.05) is 24.3 Å². The first kappa shape index (κ1) is 14.0. The number of benzene rings is 1. The molecular weight excluding hydrogens is 266 g/mol. The summed E-state index contributed by atoms with van der Waals surface area (Å²) < 4.78 is 5.40. The lowest BCUT2D eigenvalue weighted by Gasteiger charge is -2.24. The maximum atomic E-state index is 12.1. The van der Waals surface area contributed by atoms with Crippen LogP contribution >= 0.6 is 0 Å². The van der Waals surface area contributed by atoms with Gasteiger partial charge in [-0.3, -0.25) is 0 Å². The van der Waals surface area contributed by atoms with Gasteiger partial charge >= 0.3 is 5.63 Å². The molecule has 0 spiro atoms. The maximum Gasteiger partial charge on any atom is 0.343 e. The van der Waals surface area contributed by atoms with E-state index < -0.39 is 11.7 Å². The van der Waals surface area contributed by atoms with Gasteiger partial charge in [-0.25, -0.2) is 4.79 Å². The summed E-state index contributed by atoms with van der Waals surface area (Å²) in [5.74, 6) is 0.370. The summed E-state index contributed by atoms with van der Waals surface area (Å²) in [5, 5.41) is 11.4. The van der Waals surface area contributed by atoms with E-state index in [1.807, 2.05) is 18.2 Å². The van der Waals surface area contributed by atoms with Crippen molar-refractivity contribution < 1.29 is 9.52 Å². The fourth-order valence-corrected chi connectivity index (χ4v) is 2.84. The highest BCUT2D eigenvalue weighted by molar-refractivity contribution is 5.94. The van der Waals surface area contributed by atoms with Gasteiger partial charge in [-0.2, -0.15) is 0 Å². The highest BCUT2D eigenvalue weighted by Gasteiger charge is 2.21. The smallest absolute Gasteiger partial charge is 0.343 e. The maximum absolute atomic E-state index is 12.1. The van der Waals surface area contributed by atoms with Crippen LogP contribution in [0.25, 0.3) is 16.3 Å². The zero-order valence-electron chi connectivity index (χ0n) is 12.3. The van der Waals surface area contributed by atoms with Gasteiger partial charge in [0, 0.05) is 18.7 Å². The van der Waals surface area contributed by atoms with E-state index in [0.29, 0.717) is 11.1 Å². The molecule has 4 heteroatoms. The molecule has 1 aromatic carbocycles. The number of aliphatic hydroxyl groups excluding tert-OH is 1. The third kappa shape index (κ3) is 2.52. The molecule has 1 aliphatic heterocycles. The molecule has 0 bridgehead atoms. The van der Waals surface area contributed by atoms with Crippen LogP contribution in [0.3, 0.4) is 0 Å². The second-order valence-corrected chi connectivity index (χ2v) is 5.59. The minimum Gasteiger partial charge on any atom is -0.424 e. The number of fused-ring (bicyclic) bond motifs is 1. The molecule has 4 nitrogen and oxygen atoms in total. The summed E-state index contributed by atoms with van der Waals surface area (Å²) in [7, 11) is 2.08. The fraction of sp³-hybridized carbons (Fsp3) is 0.353. The van der Waals surface area contributed by atoms with Gasteiger partial charge in [0.25, 0.3) is 0 Å². The second kappa shape index (κ2) is 5.47. The third-order valence-electron chi connectivity index (χ3n) is 3.98. The average Bonchev–Trinajstić information content (AvgIpc) is 2.48. The molecule has 1 aliphatic rings. The lowest BCUT2D eigenvalue weighted by molar-refractivity contribution is 0.164. The van der Waals surface area contributed by atoms with Crippen molar-refractivity contribution in [3.05, 3.63) is 52.1 Å². The SMILES string of the molecule is CC(O)c1oc(=O)c2ccccc2c1C1=CCN(C)CC1. The molecule has 0 saturated carbocycles. The van der Waals surface area contributed by atoms with Crippen LogP contribution in [0, 0.1) is 0 Å². The topological polar surface area (TPSA) is 53.7 Å². The summed E-state index contributed by atoms with van der Waals surface area (Å²) in [5.41, 5.74) is 1.64.